The number of methoxy groups -OCH3 is 1. The van der Waals surface area contributed by atoms with Crippen LogP contribution in [0.2, 0.25) is 0 Å². The van der Waals surface area contributed by atoms with Crippen LogP contribution < -0.4 is 20.1 Å². The summed E-state index contributed by atoms with van der Waals surface area (Å²) in [5.41, 5.74) is 1.03. The van der Waals surface area contributed by atoms with E-state index in [2.05, 4.69) is 15.4 Å². The van der Waals surface area contributed by atoms with Crippen LogP contribution in [0, 0.1) is 3.57 Å². The molecule has 0 saturated carbocycles. The van der Waals surface area contributed by atoms with E-state index in [1.807, 2.05) is 28.7 Å². The number of hydrogen-bond acceptors (Lipinski definition) is 4. The van der Waals surface area contributed by atoms with Crippen LogP contribution in [0.3, 0.4) is 0 Å². The minimum atomic E-state index is -2.99. The zero-order valence-corrected chi connectivity index (χ0v) is 16.5. The maximum atomic E-state index is 12.4. The van der Waals surface area contributed by atoms with Crippen molar-refractivity contribution < 1.29 is 27.8 Å². The van der Waals surface area contributed by atoms with Crippen molar-refractivity contribution in [3.8, 4) is 11.5 Å². The molecule has 2 amide bonds. The number of carbonyl (C=O) groups is 2. The number of alkyl halides is 2. The average Bonchev–Trinajstić information content (AvgIpc) is 2.64. The number of hydrogen-bond donors (Lipinski definition) is 2. The lowest BCUT2D eigenvalue weighted by Gasteiger charge is -2.12. The Morgan fingerprint density at radius 2 is 1.85 bits per heavy atom. The Labute approximate surface area is 168 Å². The number of nitrogens with one attached hydrogen (secondary N) is 2. The summed E-state index contributed by atoms with van der Waals surface area (Å²) < 4.78 is 35.0. The molecule has 0 radical (unpaired) electrons. The lowest BCUT2D eigenvalue weighted by atomic mass is 10.2. The topological polar surface area (TPSA) is 76.7 Å². The van der Waals surface area contributed by atoms with E-state index in [0.29, 0.717) is 11.1 Å². The maximum Gasteiger partial charge on any atom is 0.387 e. The van der Waals surface area contributed by atoms with Gasteiger partial charge in [-0.25, -0.2) is 0 Å². The molecule has 0 unspecified atom stereocenters. The molecule has 0 atom stereocenters. The van der Waals surface area contributed by atoms with Crippen LogP contribution in [0.5, 0.6) is 11.5 Å². The number of ether oxygens (including phenoxy) is 2. The molecule has 9 heteroatoms. The second-order valence-electron chi connectivity index (χ2n) is 5.30. The van der Waals surface area contributed by atoms with Crippen LogP contribution in [0.1, 0.15) is 15.9 Å². The number of carbonyl (C=O) groups excluding carboxylic acids is 2. The fourth-order valence-electron chi connectivity index (χ4n) is 2.18. The van der Waals surface area contributed by atoms with Gasteiger partial charge in [0.2, 0.25) is 5.91 Å². The molecule has 0 aliphatic heterocycles. The zero-order valence-electron chi connectivity index (χ0n) is 14.3. The van der Waals surface area contributed by atoms with E-state index in [1.54, 1.807) is 24.3 Å². The first-order valence-electron chi connectivity index (χ1n) is 7.82. The molecule has 2 rings (SSSR count). The van der Waals surface area contributed by atoms with Gasteiger partial charge in [0, 0.05) is 10.1 Å². The quantitative estimate of drug-likeness (QED) is 0.559. The van der Waals surface area contributed by atoms with Gasteiger partial charge in [0.05, 0.1) is 19.2 Å². The van der Waals surface area contributed by atoms with Gasteiger partial charge in [-0.1, -0.05) is 18.2 Å². The molecule has 6 nitrogen and oxygen atoms in total. The summed E-state index contributed by atoms with van der Waals surface area (Å²) in [6.45, 7) is -3.11. The highest BCUT2D eigenvalue weighted by Gasteiger charge is 2.13. The molecule has 0 bridgehead atoms. The number of rotatable bonds is 8. The van der Waals surface area contributed by atoms with Crippen LogP contribution in [-0.2, 0) is 11.3 Å². The second kappa shape index (κ2) is 10.0. The van der Waals surface area contributed by atoms with Gasteiger partial charge < -0.3 is 20.1 Å². The Hall–Kier alpha value is -2.43. The molecule has 0 heterocycles. The highest BCUT2D eigenvalue weighted by Crippen LogP contribution is 2.29. The minimum Gasteiger partial charge on any atom is -0.493 e. The zero-order chi connectivity index (χ0) is 19.8. The molecule has 27 heavy (non-hydrogen) atoms. The Kier molecular flexibility index (Phi) is 7.77. The monoisotopic (exact) mass is 490 g/mol. The van der Waals surface area contributed by atoms with Crippen molar-refractivity contribution in [3.05, 3.63) is 57.2 Å². The lowest BCUT2D eigenvalue weighted by molar-refractivity contribution is -0.120. The van der Waals surface area contributed by atoms with Gasteiger partial charge in [0.15, 0.2) is 11.5 Å². The van der Waals surface area contributed by atoms with Gasteiger partial charge in [0.1, 0.15) is 0 Å². The van der Waals surface area contributed by atoms with Crippen molar-refractivity contribution in [1.82, 2.24) is 10.6 Å². The van der Waals surface area contributed by atoms with Gasteiger partial charge in [-0.15, -0.1) is 0 Å². The Bertz CT molecular complexity index is 818. The van der Waals surface area contributed by atoms with E-state index in [-0.39, 0.29) is 30.5 Å². The van der Waals surface area contributed by atoms with Crippen LogP contribution in [-0.4, -0.2) is 32.1 Å². The normalized spacial score (nSPS) is 10.4. The van der Waals surface area contributed by atoms with Gasteiger partial charge in [0.25, 0.3) is 5.91 Å². The van der Waals surface area contributed by atoms with Crippen molar-refractivity contribution in [2.75, 3.05) is 13.7 Å². The predicted octanol–water partition coefficient (Wildman–Crippen LogP) is 2.95. The number of benzene rings is 2. The van der Waals surface area contributed by atoms with Gasteiger partial charge >= 0.3 is 6.61 Å². The van der Waals surface area contributed by atoms with Crippen molar-refractivity contribution in [2.24, 2.45) is 0 Å². The van der Waals surface area contributed by atoms with Gasteiger partial charge in [-0.05, 0) is 52.4 Å². The maximum absolute atomic E-state index is 12.4. The van der Waals surface area contributed by atoms with Gasteiger partial charge in [-0.3, -0.25) is 9.59 Å². The molecule has 2 aromatic carbocycles. The smallest absolute Gasteiger partial charge is 0.387 e. The molecule has 2 aromatic rings. The molecule has 0 saturated heterocycles. The predicted molar refractivity (Wildman–Crippen MR) is 103 cm³/mol. The molecule has 0 aliphatic carbocycles. The first kappa shape index (κ1) is 20.9. The van der Waals surface area contributed by atoms with Gasteiger partial charge in [-0.2, -0.15) is 8.78 Å². The third-order valence-corrected chi connectivity index (χ3v) is 4.40. The standard InChI is InChI=1S/C18H17F2IN2O4/c1-26-14-7-6-11(8-15(14)27-18(19)20)9-22-16(24)10-23-17(25)12-4-2-3-5-13(12)21/h2-8,18H,9-10H2,1H3,(H,22,24)(H,23,25). The van der Waals surface area contributed by atoms with E-state index >= 15 is 0 Å². The molecule has 0 spiro atoms. The highest BCUT2D eigenvalue weighted by molar-refractivity contribution is 14.1. The molecule has 0 aromatic heterocycles. The third-order valence-electron chi connectivity index (χ3n) is 3.46. The SMILES string of the molecule is COc1ccc(CNC(=O)CNC(=O)c2ccccc2I)cc1OC(F)F. The van der Waals surface area contributed by atoms with E-state index in [1.165, 1.54) is 19.2 Å². The fraction of sp³-hybridized carbons (Fsp3) is 0.222. The van der Waals surface area contributed by atoms with Crippen LogP contribution in [0.4, 0.5) is 8.78 Å². The molecule has 0 aliphatic rings. The van der Waals surface area contributed by atoms with E-state index < -0.39 is 12.5 Å². The van der Waals surface area contributed by atoms with Crippen LogP contribution in [0.25, 0.3) is 0 Å². The summed E-state index contributed by atoms with van der Waals surface area (Å²) in [5.74, 6) is -0.727. The average molecular weight is 490 g/mol. The van der Waals surface area contributed by atoms with Crippen molar-refractivity contribution >= 4 is 34.4 Å². The van der Waals surface area contributed by atoms with E-state index in [0.717, 1.165) is 3.57 Å². The molecule has 2 N–H and O–H groups in total. The summed E-state index contributed by atoms with van der Waals surface area (Å²) in [6.07, 6.45) is 0. The molecule has 144 valence electrons. The van der Waals surface area contributed by atoms with E-state index in [9.17, 15) is 18.4 Å². The fourth-order valence-corrected chi connectivity index (χ4v) is 2.82. The van der Waals surface area contributed by atoms with E-state index in [4.69, 9.17) is 4.74 Å². The van der Waals surface area contributed by atoms with Crippen molar-refractivity contribution in [1.29, 1.82) is 0 Å². The third kappa shape index (κ3) is 6.35. The molecule has 0 fully saturated rings. The Morgan fingerprint density at radius 3 is 2.52 bits per heavy atom. The minimum absolute atomic E-state index is 0.0845. The summed E-state index contributed by atoms with van der Waals surface area (Å²) in [7, 11) is 1.34. The van der Waals surface area contributed by atoms with Crippen molar-refractivity contribution in [3.63, 3.8) is 0 Å². The van der Waals surface area contributed by atoms with Crippen LogP contribution >= 0.6 is 22.6 Å². The second-order valence-corrected chi connectivity index (χ2v) is 6.47. The Morgan fingerprint density at radius 1 is 1.11 bits per heavy atom. The summed E-state index contributed by atoms with van der Waals surface area (Å²) >= 11 is 2.04. The highest BCUT2D eigenvalue weighted by atomic mass is 127. The first-order valence-corrected chi connectivity index (χ1v) is 8.89. The molecular formula is C18H17F2IN2O4. The largest absolute Gasteiger partial charge is 0.493 e. The first-order chi connectivity index (χ1) is 12.9. The lowest BCUT2D eigenvalue weighted by Crippen LogP contribution is -2.36. The number of amides is 2. The van der Waals surface area contributed by atoms with Crippen LogP contribution in [0.15, 0.2) is 42.5 Å². The molecular weight excluding hydrogens is 473 g/mol. The summed E-state index contributed by atoms with van der Waals surface area (Å²) in [4.78, 5) is 24.0. The summed E-state index contributed by atoms with van der Waals surface area (Å²) in [5, 5.41) is 5.13. The Balaban J connectivity index is 1.88. The summed E-state index contributed by atoms with van der Waals surface area (Å²) in [6, 6.07) is 11.4. The number of halogens is 3. The van der Waals surface area contributed by atoms with Crippen molar-refractivity contribution in [2.45, 2.75) is 13.2 Å².